The highest BCUT2D eigenvalue weighted by Gasteiger charge is 2.85. The number of amides is 1. The zero-order valence-corrected chi connectivity index (χ0v) is 8.39. The van der Waals surface area contributed by atoms with Crippen LogP contribution in [0.15, 0.2) is 0 Å². The van der Waals surface area contributed by atoms with Gasteiger partial charge in [-0.15, -0.1) is 11.6 Å². The van der Waals surface area contributed by atoms with Gasteiger partial charge in [0.2, 0.25) is 5.91 Å². The molecule has 0 aliphatic heterocycles. The summed E-state index contributed by atoms with van der Waals surface area (Å²) < 4.78 is -1.24. The Hall–Kier alpha value is 0.340. The van der Waals surface area contributed by atoms with Crippen LogP contribution in [0.3, 0.4) is 0 Å². The molecule has 0 radical (unpaired) electrons. The van der Waals surface area contributed by atoms with Gasteiger partial charge in [0.25, 0.3) is 0 Å². The van der Waals surface area contributed by atoms with Crippen molar-refractivity contribution >= 4 is 40.7 Å². The fourth-order valence-corrected chi connectivity index (χ4v) is 2.46. The fraction of sp³-hybridized carbons (Fsp3) is 0.833. The number of hydrogen-bond donors (Lipinski definition) is 1. The number of primary amides is 1. The summed E-state index contributed by atoms with van der Waals surface area (Å²) in [5.41, 5.74) is 4.39. The third-order valence-electron chi connectivity index (χ3n) is 2.36. The average molecular weight is 216 g/mol. The molecule has 2 N–H and O–H groups in total. The Morgan fingerprint density at radius 2 is 1.55 bits per heavy atom. The van der Waals surface area contributed by atoms with Gasteiger partial charge in [-0.1, -0.05) is 37.0 Å². The first-order valence-corrected chi connectivity index (χ1v) is 4.19. The molecular formula is C6H8Cl3NO. The van der Waals surface area contributed by atoms with Gasteiger partial charge in [-0.3, -0.25) is 4.79 Å². The average Bonchev–Trinajstić information content (AvgIpc) is 2.11. The maximum Gasteiger partial charge on any atom is 0.242 e. The van der Waals surface area contributed by atoms with Gasteiger partial charge in [0.05, 0.1) is 0 Å². The standard InChI is InChI=1S/C6H8Cl3NO/c1-4(2)5(7,3(10)11)6(4,8)9/h1-2H3,(H2,10,11). The topological polar surface area (TPSA) is 43.1 Å². The summed E-state index contributed by atoms with van der Waals surface area (Å²) in [5.74, 6) is -0.672. The second-order valence-corrected chi connectivity index (χ2v) is 5.12. The summed E-state index contributed by atoms with van der Waals surface area (Å²) in [6.45, 7) is 3.40. The van der Waals surface area contributed by atoms with Crippen LogP contribution in [-0.2, 0) is 4.79 Å². The molecule has 1 amide bonds. The van der Waals surface area contributed by atoms with Gasteiger partial charge >= 0.3 is 0 Å². The number of nitrogens with two attached hydrogens (primary N) is 1. The second-order valence-electron chi connectivity index (χ2n) is 3.22. The third kappa shape index (κ3) is 0.732. The Kier molecular flexibility index (Phi) is 1.70. The van der Waals surface area contributed by atoms with E-state index in [9.17, 15) is 4.79 Å². The van der Waals surface area contributed by atoms with Crippen LogP contribution in [0, 0.1) is 5.41 Å². The Bertz CT molecular complexity index is 210. The number of alkyl halides is 3. The third-order valence-corrected chi connectivity index (χ3v) is 5.00. The monoisotopic (exact) mass is 215 g/mol. The van der Waals surface area contributed by atoms with Crippen LogP contribution in [0.5, 0.6) is 0 Å². The van der Waals surface area contributed by atoms with Crippen LogP contribution in [0.1, 0.15) is 13.8 Å². The van der Waals surface area contributed by atoms with Gasteiger partial charge < -0.3 is 5.73 Å². The first kappa shape index (κ1) is 9.43. The van der Waals surface area contributed by atoms with E-state index in [2.05, 4.69) is 0 Å². The minimum absolute atomic E-state index is 0.656. The fourth-order valence-electron chi connectivity index (χ4n) is 1.18. The van der Waals surface area contributed by atoms with Gasteiger partial charge in [0, 0.05) is 5.41 Å². The van der Waals surface area contributed by atoms with Crippen LogP contribution in [0.2, 0.25) is 0 Å². The molecule has 2 nitrogen and oxygen atoms in total. The molecule has 1 saturated carbocycles. The van der Waals surface area contributed by atoms with Crippen molar-refractivity contribution in [1.82, 2.24) is 0 Å². The van der Waals surface area contributed by atoms with Crippen molar-refractivity contribution in [1.29, 1.82) is 0 Å². The lowest BCUT2D eigenvalue weighted by Gasteiger charge is -2.03. The maximum absolute atomic E-state index is 10.8. The van der Waals surface area contributed by atoms with Gasteiger partial charge in [-0.25, -0.2) is 0 Å². The summed E-state index contributed by atoms with van der Waals surface area (Å²) >= 11 is 17.4. The van der Waals surface area contributed by atoms with Crippen molar-refractivity contribution < 1.29 is 4.79 Å². The van der Waals surface area contributed by atoms with Gasteiger partial charge in [0.15, 0.2) is 9.21 Å². The van der Waals surface area contributed by atoms with Crippen LogP contribution < -0.4 is 5.73 Å². The summed E-state index contributed by atoms with van der Waals surface area (Å²) in [7, 11) is 0. The Morgan fingerprint density at radius 3 is 1.55 bits per heavy atom. The second kappa shape index (κ2) is 1.98. The van der Waals surface area contributed by atoms with Gasteiger partial charge in [0.1, 0.15) is 0 Å². The molecule has 64 valence electrons. The van der Waals surface area contributed by atoms with Crippen LogP contribution in [-0.4, -0.2) is 15.1 Å². The molecule has 1 aliphatic rings. The number of carbonyl (C=O) groups is 1. The van der Waals surface area contributed by atoms with E-state index in [1.807, 2.05) is 0 Å². The van der Waals surface area contributed by atoms with Gasteiger partial charge in [-0.2, -0.15) is 0 Å². The molecule has 1 unspecified atom stereocenters. The Morgan fingerprint density at radius 1 is 1.27 bits per heavy atom. The summed E-state index contributed by atoms with van der Waals surface area (Å²) in [6, 6.07) is 0. The highest BCUT2D eigenvalue weighted by atomic mass is 35.5. The summed E-state index contributed by atoms with van der Waals surface area (Å²) in [5, 5.41) is 0. The van der Waals surface area contributed by atoms with E-state index in [-0.39, 0.29) is 0 Å². The summed E-state index contributed by atoms with van der Waals surface area (Å²) in [6.07, 6.45) is 0. The maximum atomic E-state index is 10.8. The molecule has 11 heavy (non-hydrogen) atoms. The lowest BCUT2D eigenvalue weighted by molar-refractivity contribution is -0.118. The van der Waals surface area contributed by atoms with E-state index < -0.39 is 20.5 Å². The Labute approximate surface area is 80.0 Å². The van der Waals surface area contributed by atoms with Crippen molar-refractivity contribution in [2.75, 3.05) is 0 Å². The molecule has 1 atom stereocenters. The van der Waals surface area contributed by atoms with Crippen molar-refractivity contribution in [3.8, 4) is 0 Å². The molecule has 0 aromatic rings. The Balaban J connectivity index is 3.06. The minimum atomic E-state index is -1.32. The van der Waals surface area contributed by atoms with Crippen LogP contribution >= 0.6 is 34.8 Å². The number of carbonyl (C=O) groups excluding carboxylic acids is 1. The normalized spacial score (nSPS) is 38.3. The minimum Gasteiger partial charge on any atom is -0.368 e. The predicted molar refractivity (Wildman–Crippen MR) is 46.0 cm³/mol. The zero-order chi connectivity index (χ0) is 9.08. The molecule has 0 aromatic carbocycles. The van der Waals surface area contributed by atoms with Crippen molar-refractivity contribution in [3.05, 3.63) is 0 Å². The number of halogens is 3. The SMILES string of the molecule is CC1(C)C(Cl)(Cl)C1(Cl)C(N)=O. The van der Waals surface area contributed by atoms with E-state index in [0.717, 1.165) is 0 Å². The summed E-state index contributed by atoms with van der Waals surface area (Å²) in [4.78, 5) is 9.52. The van der Waals surface area contributed by atoms with E-state index in [1.54, 1.807) is 13.8 Å². The van der Waals surface area contributed by atoms with Crippen LogP contribution in [0.4, 0.5) is 0 Å². The number of rotatable bonds is 1. The molecule has 5 heteroatoms. The number of hydrogen-bond acceptors (Lipinski definition) is 1. The lowest BCUT2D eigenvalue weighted by Crippen LogP contribution is -2.31. The van der Waals surface area contributed by atoms with E-state index >= 15 is 0 Å². The van der Waals surface area contributed by atoms with Crippen molar-refractivity contribution in [2.45, 2.75) is 23.1 Å². The smallest absolute Gasteiger partial charge is 0.242 e. The predicted octanol–water partition coefficient (Wildman–Crippen LogP) is 1.66. The molecule has 1 aliphatic carbocycles. The molecule has 0 spiro atoms. The molecule has 0 heterocycles. The largest absolute Gasteiger partial charge is 0.368 e. The highest BCUT2D eigenvalue weighted by molar-refractivity contribution is 6.63. The quantitative estimate of drug-likeness (QED) is 0.666. The first-order valence-electron chi connectivity index (χ1n) is 3.06. The van der Waals surface area contributed by atoms with Crippen molar-refractivity contribution in [2.24, 2.45) is 11.1 Å². The van der Waals surface area contributed by atoms with Crippen molar-refractivity contribution in [3.63, 3.8) is 0 Å². The van der Waals surface area contributed by atoms with E-state index in [4.69, 9.17) is 40.5 Å². The molecule has 0 aromatic heterocycles. The van der Waals surface area contributed by atoms with Gasteiger partial charge in [-0.05, 0) is 0 Å². The van der Waals surface area contributed by atoms with Crippen LogP contribution in [0.25, 0.3) is 0 Å². The molecular weight excluding hydrogens is 208 g/mol. The highest BCUT2D eigenvalue weighted by Crippen LogP contribution is 2.74. The molecule has 0 saturated heterocycles. The molecule has 1 rings (SSSR count). The zero-order valence-electron chi connectivity index (χ0n) is 6.12. The molecule has 1 fully saturated rings. The molecule has 0 bridgehead atoms. The van der Waals surface area contributed by atoms with E-state index in [1.165, 1.54) is 0 Å². The van der Waals surface area contributed by atoms with E-state index in [0.29, 0.717) is 0 Å². The first-order chi connectivity index (χ1) is 4.69. The lowest BCUT2D eigenvalue weighted by atomic mass is 10.1.